The highest BCUT2D eigenvalue weighted by atomic mass is 35.5. The van der Waals surface area contributed by atoms with Gasteiger partial charge in [0.2, 0.25) is 5.91 Å². The molecular weight excluding hydrogens is 244 g/mol. The van der Waals surface area contributed by atoms with E-state index in [1.54, 1.807) is 11.3 Å². The van der Waals surface area contributed by atoms with Crippen molar-refractivity contribution in [3.63, 3.8) is 0 Å². The number of nitrogens with zero attached hydrogens (tertiary/aromatic N) is 1. The Labute approximate surface area is 106 Å². The third kappa shape index (κ3) is 2.75. The van der Waals surface area contributed by atoms with Gasteiger partial charge in [-0.3, -0.25) is 4.79 Å². The Kier molecular flexibility index (Phi) is 5.25. The third-order valence-electron chi connectivity index (χ3n) is 2.77. The molecule has 0 spiro atoms. The second-order valence-corrected chi connectivity index (χ2v) is 4.77. The zero-order valence-electron chi connectivity index (χ0n) is 9.31. The van der Waals surface area contributed by atoms with E-state index in [1.807, 2.05) is 11.9 Å². The lowest BCUT2D eigenvalue weighted by molar-refractivity contribution is -0.131. The van der Waals surface area contributed by atoms with Crippen LogP contribution in [-0.2, 0) is 4.79 Å². The van der Waals surface area contributed by atoms with Gasteiger partial charge in [0.1, 0.15) is 0 Å². The van der Waals surface area contributed by atoms with Gasteiger partial charge >= 0.3 is 0 Å². The molecule has 0 radical (unpaired) electrons. The number of carbonyl (C=O) groups is 1. The van der Waals surface area contributed by atoms with E-state index in [9.17, 15) is 4.79 Å². The number of likely N-dealkylation sites (N-methyl/N-ethyl adjacent to an activating group) is 1. The molecular formula is C11H17ClN2OS. The van der Waals surface area contributed by atoms with Crippen molar-refractivity contribution in [1.82, 2.24) is 10.2 Å². The molecule has 0 aromatic carbocycles. The van der Waals surface area contributed by atoms with Crippen LogP contribution in [0.15, 0.2) is 17.5 Å². The van der Waals surface area contributed by atoms with E-state index in [0.717, 1.165) is 19.4 Å². The van der Waals surface area contributed by atoms with Gasteiger partial charge in [0, 0.05) is 11.4 Å². The molecule has 1 amide bonds. The van der Waals surface area contributed by atoms with Gasteiger partial charge < -0.3 is 10.2 Å². The molecule has 1 saturated heterocycles. The second-order valence-electron chi connectivity index (χ2n) is 3.79. The summed E-state index contributed by atoms with van der Waals surface area (Å²) in [6.07, 6.45) is 2.23. The monoisotopic (exact) mass is 260 g/mol. The average molecular weight is 261 g/mol. The minimum absolute atomic E-state index is 0. The molecule has 1 atom stereocenters. The third-order valence-corrected chi connectivity index (χ3v) is 3.75. The van der Waals surface area contributed by atoms with Crippen LogP contribution in [0.2, 0.25) is 0 Å². The van der Waals surface area contributed by atoms with Crippen molar-refractivity contribution in [2.24, 2.45) is 0 Å². The summed E-state index contributed by atoms with van der Waals surface area (Å²) in [4.78, 5) is 15.1. The predicted octanol–water partition coefficient (Wildman–Crippen LogP) is 2.05. The van der Waals surface area contributed by atoms with Crippen LogP contribution in [0.1, 0.15) is 23.8 Å². The minimum Gasteiger partial charge on any atom is -0.334 e. The van der Waals surface area contributed by atoms with Crippen molar-refractivity contribution in [3.05, 3.63) is 22.4 Å². The van der Waals surface area contributed by atoms with Gasteiger partial charge in [0.15, 0.2) is 0 Å². The number of hydrogen-bond acceptors (Lipinski definition) is 3. The zero-order valence-corrected chi connectivity index (χ0v) is 10.9. The van der Waals surface area contributed by atoms with Gasteiger partial charge in [-0.25, -0.2) is 0 Å². The number of thiophene rings is 1. The van der Waals surface area contributed by atoms with Crippen LogP contribution >= 0.6 is 23.7 Å². The van der Waals surface area contributed by atoms with Crippen molar-refractivity contribution in [2.75, 3.05) is 20.1 Å². The molecule has 2 rings (SSSR count). The standard InChI is InChI=1S/C11H16N2OS.ClH/c1-12-8-11(14)13-6-2-4-9(13)10-5-3-7-15-10;/h3,5,7,9,12H,2,4,6,8H2,1H3;1H. The number of likely N-dealkylation sites (tertiary alicyclic amines) is 1. The van der Waals surface area contributed by atoms with E-state index in [1.165, 1.54) is 4.88 Å². The van der Waals surface area contributed by atoms with Crippen LogP contribution in [0, 0.1) is 0 Å². The number of rotatable bonds is 3. The van der Waals surface area contributed by atoms with Gasteiger partial charge in [0.25, 0.3) is 0 Å². The zero-order chi connectivity index (χ0) is 10.7. The van der Waals surface area contributed by atoms with Crippen molar-refractivity contribution in [2.45, 2.75) is 18.9 Å². The number of carbonyl (C=O) groups excluding carboxylic acids is 1. The summed E-state index contributed by atoms with van der Waals surface area (Å²) in [6, 6.07) is 4.50. The Hall–Kier alpha value is -0.580. The second kappa shape index (κ2) is 6.23. The van der Waals surface area contributed by atoms with Crippen molar-refractivity contribution in [1.29, 1.82) is 0 Å². The number of nitrogens with one attached hydrogen (secondary N) is 1. The first-order valence-electron chi connectivity index (χ1n) is 5.30. The molecule has 1 aromatic rings. The van der Waals surface area contributed by atoms with Crippen LogP contribution in [-0.4, -0.2) is 30.9 Å². The molecule has 16 heavy (non-hydrogen) atoms. The van der Waals surface area contributed by atoms with Crippen molar-refractivity contribution in [3.8, 4) is 0 Å². The largest absolute Gasteiger partial charge is 0.334 e. The number of hydrogen-bond donors (Lipinski definition) is 1. The van der Waals surface area contributed by atoms with E-state index in [0.29, 0.717) is 12.6 Å². The number of halogens is 1. The Morgan fingerprint density at radius 1 is 1.69 bits per heavy atom. The van der Waals surface area contributed by atoms with Crippen molar-refractivity contribution >= 4 is 29.7 Å². The maximum Gasteiger partial charge on any atom is 0.237 e. The van der Waals surface area contributed by atoms with Crippen LogP contribution in [0.25, 0.3) is 0 Å². The Bertz CT molecular complexity index is 329. The fourth-order valence-electron chi connectivity index (χ4n) is 2.09. The number of amides is 1. The first-order valence-corrected chi connectivity index (χ1v) is 6.18. The van der Waals surface area contributed by atoms with Crippen molar-refractivity contribution < 1.29 is 4.79 Å². The smallest absolute Gasteiger partial charge is 0.237 e. The molecule has 1 aliphatic heterocycles. The van der Waals surface area contributed by atoms with Crippen LogP contribution in [0.5, 0.6) is 0 Å². The van der Waals surface area contributed by atoms with Crippen LogP contribution in [0.4, 0.5) is 0 Å². The maximum atomic E-state index is 11.8. The highest BCUT2D eigenvalue weighted by Crippen LogP contribution is 2.34. The summed E-state index contributed by atoms with van der Waals surface area (Å²) < 4.78 is 0. The fourth-order valence-corrected chi connectivity index (χ4v) is 2.97. The predicted molar refractivity (Wildman–Crippen MR) is 69.2 cm³/mol. The van der Waals surface area contributed by atoms with E-state index < -0.39 is 0 Å². The summed E-state index contributed by atoms with van der Waals surface area (Å²) in [5.74, 6) is 0.216. The van der Waals surface area contributed by atoms with Gasteiger partial charge in [-0.2, -0.15) is 0 Å². The summed E-state index contributed by atoms with van der Waals surface area (Å²) in [7, 11) is 1.81. The van der Waals surface area contributed by atoms with E-state index in [4.69, 9.17) is 0 Å². The molecule has 2 heterocycles. The SMILES string of the molecule is CNCC(=O)N1CCCC1c1cccs1.Cl. The Balaban J connectivity index is 0.00000128. The van der Waals surface area contributed by atoms with E-state index in [2.05, 4.69) is 22.8 Å². The van der Waals surface area contributed by atoms with Gasteiger partial charge in [-0.15, -0.1) is 23.7 Å². The molecule has 90 valence electrons. The fraction of sp³-hybridized carbons (Fsp3) is 0.545. The summed E-state index contributed by atoms with van der Waals surface area (Å²) in [5.41, 5.74) is 0. The van der Waals surface area contributed by atoms with Crippen LogP contribution in [0.3, 0.4) is 0 Å². The van der Waals surface area contributed by atoms with E-state index >= 15 is 0 Å². The molecule has 1 unspecified atom stereocenters. The molecule has 1 N–H and O–H groups in total. The molecule has 5 heteroatoms. The molecule has 0 aliphatic carbocycles. The summed E-state index contributed by atoms with van der Waals surface area (Å²) >= 11 is 1.75. The minimum atomic E-state index is 0. The van der Waals surface area contributed by atoms with Crippen LogP contribution < -0.4 is 5.32 Å². The lowest BCUT2D eigenvalue weighted by Crippen LogP contribution is -2.36. The van der Waals surface area contributed by atoms with Gasteiger partial charge in [0.05, 0.1) is 12.6 Å². The maximum absolute atomic E-state index is 11.8. The van der Waals surface area contributed by atoms with Gasteiger partial charge in [-0.05, 0) is 31.3 Å². The highest BCUT2D eigenvalue weighted by molar-refractivity contribution is 7.10. The average Bonchev–Trinajstić information content (AvgIpc) is 2.88. The molecule has 0 saturated carbocycles. The quantitative estimate of drug-likeness (QED) is 0.902. The first kappa shape index (κ1) is 13.5. The lowest BCUT2D eigenvalue weighted by Gasteiger charge is -2.23. The highest BCUT2D eigenvalue weighted by Gasteiger charge is 2.29. The summed E-state index contributed by atoms with van der Waals surface area (Å²) in [5, 5.41) is 5.00. The molecule has 1 aliphatic rings. The molecule has 1 aromatic heterocycles. The normalized spacial score (nSPS) is 19.6. The molecule has 1 fully saturated rings. The van der Waals surface area contributed by atoms with Gasteiger partial charge in [-0.1, -0.05) is 6.07 Å². The summed E-state index contributed by atoms with van der Waals surface area (Å²) in [6.45, 7) is 1.35. The molecule has 0 bridgehead atoms. The Morgan fingerprint density at radius 2 is 2.50 bits per heavy atom. The van der Waals surface area contributed by atoms with E-state index in [-0.39, 0.29) is 18.3 Å². The lowest BCUT2D eigenvalue weighted by atomic mass is 10.2. The molecule has 3 nitrogen and oxygen atoms in total. The topological polar surface area (TPSA) is 32.3 Å². The first-order chi connectivity index (χ1) is 7.33. The Morgan fingerprint density at radius 3 is 3.12 bits per heavy atom.